The summed E-state index contributed by atoms with van der Waals surface area (Å²) in [7, 11) is 0. The zero-order valence-electron chi connectivity index (χ0n) is 15.5. The lowest BCUT2D eigenvalue weighted by molar-refractivity contribution is -0.210. The summed E-state index contributed by atoms with van der Waals surface area (Å²) in [6.45, 7) is 9.06. The lowest BCUT2D eigenvalue weighted by Gasteiger charge is -2.54. The molecule has 0 spiro atoms. The molecule has 2 aliphatic heterocycles. The summed E-state index contributed by atoms with van der Waals surface area (Å²) in [5.74, 6) is 2.08. The van der Waals surface area contributed by atoms with Gasteiger partial charge in [0, 0.05) is 11.5 Å². The van der Waals surface area contributed by atoms with Crippen molar-refractivity contribution in [1.82, 2.24) is 0 Å². The van der Waals surface area contributed by atoms with E-state index in [0.717, 1.165) is 12.2 Å². The maximum atomic E-state index is 6.91. The summed E-state index contributed by atoms with van der Waals surface area (Å²) in [6.07, 6.45) is 8.57. The van der Waals surface area contributed by atoms with E-state index in [2.05, 4.69) is 58.0 Å². The average Bonchev–Trinajstić information content (AvgIpc) is 2.54. The van der Waals surface area contributed by atoms with Crippen molar-refractivity contribution >= 4 is 0 Å². The van der Waals surface area contributed by atoms with Gasteiger partial charge in [0.25, 0.3) is 0 Å². The van der Waals surface area contributed by atoms with Gasteiger partial charge in [-0.1, -0.05) is 29.8 Å². The number of rotatable bonds is 1. The largest absolute Gasteiger partial charge is 0.487 e. The third kappa shape index (κ3) is 2.60. The second-order valence-corrected chi connectivity index (χ2v) is 8.76. The van der Waals surface area contributed by atoms with Crippen molar-refractivity contribution in [3.8, 4) is 5.75 Å². The van der Waals surface area contributed by atoms with Crippen LogP contribution in [0.5, 0.6) is 5.75 Å². The predicted molar refractivity (Wildman–Crippen MR) is 97.2 cm³/mol. The van der Waals surface area contributed by atoms with Crippen LogP contribution < -0.4 is 4.74 Å². The molecule has 1 aromatic rings. The first kappa shape index (κ1) is 16.2. The molecule has 2 nitrogen and oxygen atoms in total. The molecule has 1 saturated heterocycles. The summed E-state index contributed by atoms with van der Waals surface area (Å²) in [4.78, 5) is 0. The molecule has 1 aromatic carbocycles. The molecule has 2 heterocycles. The number of hydrogen-bond donors (Lipinski definition) is 0. The zero-order valence-corrected chi connectivity index (χ0v) is 15.5. The zero-order chi connectivity index (χ0) is 16.9. The molecule has 4 atom stereocenters. The van der Waals surface area contributed by atoms with E-state index in [1.54, 1.807) is 5.57 Å². The Labute approximate surface area is 146 Å². The van der Waals surface area contributed by atoms with Gasteiger partial charge < -0.3 is 9.47 Å². The minimum atomic E-state index is -0.163. The maximum Gasteiger partial charge on any atom is 0.125 e. The first-order chi connectivity index (χ1) is 11.4. The first-order valence-corrected chi connectivity index (χ1v) is 9.50. The number of benzene rings is 1. The standard InChI is InChI=1S/C22H30O2/c1-15-9-11-16(12-10-15)22(4)14-13-18-20(24-22)17-7-5-6-8-19(17)23-21(18,2)3/h5-9,16,18,20H,10-14H2,1-4H3/t16-,18-,20-,22-/m0/s1. The van der Waals surface area contributed by atoms with Crippen LogP contribution in [0.4, 0.5) is 0 Å². The van der Waals surface area contributed by atoms with Crippen molar-refractivity contribution in [1.29, 1.82) is 0 Å². The van der Waals surface area contributed by atoms with Crippen LogP contribution in [0.2, 0.25) is 0 Å². The Kier molecular flexibility index (Phi) is 3.80. The van der Waals surface area contributed by atoms with Gasteiger partial charge in [-0.25, -0.2) is 0 Å². The Morgan fingerprint density at radius 1 is 1.08 bits per heavy atom. The van der Waals surface area contributed by atoms with E-state index < -0.39 is 0 Å². The fraction of sp³-hybridized carbons (Fsp3) is 0.636. The Morgan fingerprint density at radius 3 is 2.62 bits per heavy atom. The van der Waals surface area contributed by atoms with E-state index >= 15 is 0 Å². The molecule has 0 radical (unpaired) electrons. The number of allylic oxidation sites excluding steroid dienone is 2. The van der Waals surface area contributed by atoms with E-state index in [0.29, 0.717) is 11.8 Å². The molecule has 0 bridgehead atoms. The minimum absolute atomic E-state index is 0.0150. The number of hydrogen-bond acceptors (Lipinski definition) is 2. The Morgan fingerprint density at radius 2 is 1.88 bits per heavy atom. The predicted octanol–water partition coefficient (Wildman–Crippen LogP) is 5.83. The highest BCUT2D eigenvalue weighted by molar-refractivity contribution is 5.39. The second kappa shape index (κ2) is 5.62. The van der Waals surface area contributed by atoms with Gasteiger partial charge in [0.05, 0.1) is 11.7 Å². The minimum Gasteiger partial charge on any atom is -0.487 e. The first-order valence-electron chi connectivity index (χ1n) is 9.50. The van der Waals surface area contributed by atoms with Crippen molar-refractivity contribution in [2.75, 3.05) is 0 Å². The number of para-hydroxylation sites is 1. The maximum absolute atomic E-state index is 6.91. The van der Waals surface area contributed by atoms with Crippen molar-refractivity contribution in [2.24, 2.45) is 11.8 Å². The van der Waals surface area contributed by atoms with E-state index in [-0.39, 0.29) is 17.3 Å². The average molecular weight is 326 g/mol. The van der Waals surface area contributed by atoms with Gasteiger partial charge in [-0.2, -0.15) is 0 Å². The van der Waals surface area contributed by atoms with Crippen LogP contribution >= 0.6 is 0 Å². The van der Waals surface area contributed by atoms with Gasteiger partial charge in [-0.3, -0.25) is 0 Å². The van der Waals surface area contributed by atoms with Crippen LogP contribution in [0.25, 0.3) is 0 Å². The van der Waals surface area contributed by atoms with Crippen LogP contribution in [-0.4, -0.2) is 11.2 Å². The summed E-state index contributed by atoms with van der Waals surface area (Å²) in [5.41, 5.74) is 2.61. The molecular formula is C22H30O2. The normalized spacial score (nSPS) is 37.7. The molecule has 0 amide bonds. The SMILES string of the molecule is CC1=CC[C@H]([C@]2(C)CC[C@H]3[C@@H](O2)c2ccccc2OC3(C)C)CC1. The molecule has 24 heavy (non-hydrogen) atoms. The summed E-state index contributed by atoms with van der Waals surface area (Å²) < 4.78 is 13.2. The van der Waals surface area contributed by atoms with Gasteiger partial charge in [-0.05, 0) is 71.8 Å². The summed E-state index contributed by atoms with van der Waals surface area (Å²) >= 11 is 0. The summed E-state index contributed by atoms with van der Waals surface area (Å²) in [6, 6.07) is 8.46. The molecule has 0 aromatic heterocycles. The van der Waals surface area contributed by atoms with Gasteiger partial charge in [0.1, 0.15) is 11.4 Å². The third-order valence-corrected chi connectivity index (χ3v) is 6.71. The van der Waals surface area contributed by atoms with Crippen molar-refractivity contribution in [3.05, 3.63) is 41.5 Å². The number of fused-ring (bicyclic) bond motifs is 3. The van der Waals surface area contributed by atoms with E-state index in [1.807, 2.05) is 0 Å². The van der Waals surface area contributed by atoms with E-state index in [9.17, 15) is 0 Å². The van der Waals surface area contributed by atoms with E-state index in [4.69, 9.17) is 9.47 Å². The highest BCUT2D eigenvalue weighted by Gasteiger charge is 2.52. The number of ether oxygens (including phenoxy) is 2. The van der Waals surface area contributed by atoms with E-state index in [1.165, 1.54) is 31.2 Å². The van der Waals surface area contributed by atoms with Gasteiger partial charge in [0.15, 0.2) is 0 Å². The van der Waals surface area contributed by atoms with Crippen LogP contribution in [0.3, 0.4) is 0 Å². The molecule has 0 unspecified atom stereocenters. The van der Waals surface area contributed by atoms with Crippen molar-refractivity contribution in [3.63, 3.8) is 0 Å². The second-order valence-electron chi connectivity index (χ2n) is 8.76. The molecule has 130 valence electrons. The fourth-order valence-corrected chi connectivity index (χ4v) is 5.00. The van der Waals surface area contributed by atoms with Crippen LogP contribution in [-0.2, 0) is 4.74 Å². The quantitative estimate of drug-likeness (QED) is 0.604. The Bertz CT molecular complexity index is 660. The molecule has 0 saturated carbocycles. The lowest BCUT2D eigenvalue weighted by atomic mass is 9.68. The summed E-state index contributed by atoms with van der Waals surface area (Å²) in [5, 5.41) is 0. The highest BCUT2D eigenvalue weighted by atomic mass is 16.5. The van der Waals surface area contributed by atoms with Crippen LogP contribution in [0.1, 0.15) is 71.5 Å². The highest BCUT2D eigenvalue weighted by Crippen LogP contribution is 2.55. The van der Waals surface area contributed by atoms with Gasteiger partial charge >= 0.3 is 0 Å². The van der Waals surface area contributed by atoms with Gasteiger partial charge in [-0.15, -0.1) is 0 Å². The fourth-order valence-electron chi connectivity index (χ4n) is 5.00. The smallest absolute Gasteiger partial charge is 0.125 e. The topological polar surface area (TPSA) is 18.5 Å². The molecule has 3 aliphatic rings. The molecule has 0 N–H and O–H groups in total. The van der Waals surface area contributed by atoms with Crippen LogP contribution in [0, 0.1) is 11.8 Å². The lowest BCUT2D eigenvalue weighted by Crippen LogP contribution is -2.53. The molecule has 2 heteroatoms. The monoisotopic (exact) mass is 326 g/mol. The molecular weight excluding hydrogens is 296 g/mol. The molecule has 4 rings (SSSR count). The Hall–Kier alpha value is -1.28. The molecule has 1 fully saturated rings. The Balaban J connectivity index is 1.65. The molecule has 1 aliphatic carbocycles. The van der Waals surface area contributed by atoms with Crippen molar-refractivity contribution < 1.29 is 9.47 Å². The third-order valence-electron chi connectivity index (χ3n) is 6.71. The van der Waals surface area contributed by atoms with Crippen molar-refractivity contribution in [2.45, 2.75) is 77.1 Å². The van der Waals surface area contributed by atoms with Gasteiger partial charge in [0.2, 0.25) is 0 Å². The van der Waals surface area contributed by atoms with Crippen LogP contribution in [0.15, 0.2) is 35.9 Å².